The molecule has 0 aliphatic carbocycles. The fourth-order valence-corrected chi connectivity index (χ4v) is 0.267. The molecule has 0 aliphatic heterocycles. The highest BCUT2D eigenvalue weighted by molar-refractivity contribution is 8.10. The topological polar surface area (TPSA) is 9.23 Å². The highest BCUT2D eigenvalue weighted by atomic mass is 32.1. The molecule has 0 saturated heterocycles. The van der Waals surface area contributed by atoms with Crippen LogP contribution in [0, 0.1) is 0 Å². The maximum absolute atomic E-state index is 11.2. The first-order valence-corrected chi connectivity index (χ1v) is 2.70. The number of thiol groups is 1. The summed E-state index contributed by atoms with van der Waals surface area (Å²) in [5, 5.41) is 0. The van der Waals surface area contributed by atoms with Gasteiger partial charge in [-0.25, -0.2) is 0 Å². The summed E-state index contributed by atoms with van der Waals surface area (Å²) in [5.74, 6) is 0. The maximum Gasteiger partial charge on any atom is 0.422 e. The van der Waals surface area contributed by atoms with Crippen LogP contribution in [0.4, 0.5) is 13.2 Å². The van der Waals surface area contributed by atoms with Crippen molar-refractivity contribution in [1.29, 1.82) is 0 Å². The van der Waals surface area contributed by atoms with Gasteiger partial charge >= 0.3 is 6.18 Å². The minimum Gasteiger partial charge on any atom is -0.469 e. The molecule has 0 bridgehead atoms. The van der Waals surface area contributed by atoms with Gasteiger partial charge in [0.05, 0.1) is 0 Å². The zero-order valence-electron chi connectivity index (χ0n) is 4.10. The molecular formula is C3H3F3OS2. The Labute approximate surface area is 60.6 Å². The third kappa shape index (κ3) is 8.03. The molecule has 0 N–H and O–H groups in total. The fraction of sp³-hybridized carbons (Fsp3) is 0.667. The molecular weight excluding hydrogens is 173 g/mol. The largest absolute Gasteiger partial charge is 0.469 e. The summed E-state index contributed by atoms with van der Waals surface area (Å²) in [6.07, 6.45) is -4.33. The van der Waals surface area contributed by atoms with Crippen molar-refractivity contribution < 1.29 is 17.9 Å². The first-order chi connectivity index (χ1) is 3.92. The van der Waals surface area contributed by atoms with E-state index in [4.69, 9.17) is 0 Å². The summed E-state index contributed by atoms with van der Waals surface area (Å²) in [7, 11) is 0. The quantitative estimate of drug-likeness (QED) is 0.481. The molecule has 0 spiro atoms. The van der Waals surface area contributed by atoms with Gasteiger partial charge in [0.2, 0.25) is 4.38 Å². The molecule has 0 atom stereocenters. The third-order valence-corrected chi connectivity index (χ3v) is 0.606. The predicted molar refractivity (Wildman–Crippen MR) is 33.6 cm³/mol. The van der Waals surface area contributed by atoms with Gasteiger partial charge in [0.25, 0.3) is 0 Å². The summed E-state index contributed by atoms with van der Waals surface area (Å²) < 4.78 is 37.1. The van der Waals surface area contributed by atoms with Gasteiger partial charge in [0.1, 0.15) is 0 Å². The summed E-state index contributed by atoms with van der Waals surface area (Å²) in [6.45, 7) is -1.37. The summed E-state index contributed by atoms with van der Waals surface area (Å²) >= 11 is 7.42. The molecule has 0 aromatic heterocycles. The molecule has 0 heterocycles. The van der Waals surface area contributed by atoms with E-state index in [0.717, 1.165) is 0 Å². The number of thiocarbonyl (C=S) groups is 1. The summed E-state index contributed by atoms with van der Waals surface area (Å²) in [6, 6.07) is 0. The van der Waals surface area contributed by atoms with Crippen molar-refractivity contribution >= 4 is 29.2 Å². The number of rotatable bonds is 1. The van der Waals surface area contributed by atoms with Gasteiger partial charge in [-0.15, -0.1) is 0 Å². The van der Waals surface area contributed by atoms with Gasteiger partial charge in [-0.2, -0.15) is 13.2 Å². The van der Waals surface area contributed by atoms with Crippen LogP contribution in [0.3, 0.4) is 0 Å². The molecule has 0 amide bonds. The number of ether oxygens (including phenoxy) is 1. The van der Waals surface area contributed by atoms with Crippen molar-refractivity contribution in [3.8, 4) is 0 Å². The van der Waals surface area contributed by atoms with E-state index >= 15 is 0 Å². The molecule has 0 radical (unpaired) electrons. The number of halogens is 3. The van der Waals surface area contributed by atoms with E-state index in [0.29, 0.717) is 0 Å². The van der Waals surface area contributed by atoms with Crippen LogP contribution in [0.5, 0.6) is 0 Å². The Morgan fingerprint density at radius 3 is 2.11 bits per heavy atom. The van der Waals surface area contributed by atoms with Crippen molar-refractivity contribution in [3.05, 3.63) is 0 Å². The third-order valence-electron chi connectivity index (χ3n) is 0.359. The van der Waals surface area contributed by atoms with Crippen LogP contribution in [-0.2, 0) is 4.74 Å². The van der Waals surface area contributed by atoms with Crippen LogP contribution in [0.1, 0.15) is 0 Å². The van der Waals surface area contributed by atoms with Crippen LogP contribution in [0.2, 0.25) is 0 Å². The molecule has 0 aliphatic rings. The number of hydrogen-bond acceptors (Lipinski definition) is 2. The van der Waals surface area contributed by atoms with Gasteiger partial charge in [0, 0.05) is 0 Å². The summed E-state index contributed by atoms with van der Waals surface area (Å²) in [5.41, 5.74) is 0. The van der Waals surface area contributed by atoms with Crippen molar-refractivity contribution in [1.82, 2.24) is 0 Å². The van der Waals surface area contributed by atoms with Crippen molar-refractivity contribution in [2.45, 2.75) is 6.18 Å². The zero-order chi connectivity index (χ0) is 7.49. The molecule has 6 heteroatoms. The van der Waals surface area contributed by atoms with Gasteiger partial charge in [-0.3, -0.25) is 0 Å². The van der Waals surface area contributed by atoms with Crippen LogP contribution in [0.15, 0.2) is 0 Å². The average molecular weight is 176 g/mol. The Morgan fingerprint density at radius 1 is 1.56 bits per heavy atom. The highest BCUT2D eigenvalue weighted by Crippen LogP contribution is 2.14. The minimum atomic E-state index is -4.33. The zero-order valence-corrected chi connectivity index (χ0v) is 5.82. The molecule has 0 aromatic rings. The van der Waals surface area contributed by atoms with E-state index in [1.54, 1.807) is 0 Å². The molecule has 0 rings (SSSR count). The Kier molecular flexibility index (Phi) is 3.27. The lowest BCUT2D eigenvalue weighted by Gasteiger charge is -2.05. The second-order valence-electron chi connectivity index (χ2n) is 1.17. The lowest BCUT2D eigenvalue weighted by molar-refractivity contribution is -0.154. The summed E-state index contributed by atoms with van der Waals surface area (Å²) in [4.78, 5) is 0. The molecule has 0 unspecified atom stereocenters. The van der Waals surface area contributed by atoms with Gasteiger partial charge in [-0.1, -0.05) is 12.6 Å². The lowest BCUT2D eigenvalue weighted by atomic mass is 10.7. The average Bonchev–Trinajstić information content (AvgIpc) is 1.59. The molecule has 0 saturated carbocycles. The fourth-order valence-electron chi connectivity index (χ4n) is 0.144. The lowest BCUT2D eigenvalue weighted by Crippen LogP contribution is -2.17. The number of alkyl halides is 3. The molecule has 54 valence electrons. The molecule has 0 fully saturated rings. The Hall–Kier alpha value is 0.0300. The monoisotopic (exact) mass is 176 g/mol. The standard InChI is InChI=1S/C3H3F3OS2/c4-3(5,6)1-7-2(8)9/h1H2,(H,8,9). The van der Waals surface area contributed by atoms with Crippen LogP contribution < -0.4 is 0 Å². The smallest absolute Gasteiger partial charge is 0.422 e. The minimum absolute atomic E-state index is 0.396. The van der Waals surface area contributed by atoms with Crippen LogP contribution in [0.25, 0.3) is 0 Å². The van der Waals surface area contributed by atoms with E-state index in [2.05, 4.69) is 29.6 Å². The van der Waals surface area contributed by atoms with E-state index in [-0.39, 0.29) is 0 Å². The first-order valence-electron chi connectivity index (χ1n) is 1.84. The maximum atomic E-state index is 11.2. The van der Waals surface area contributed by atoms with E-state index < -0.39 is 17.2 Å². The van der Waals surface area contributed by atoms with Crippen molar-refractivity contribution in [3.63, 3.8) is 0 Å². The van der Waals surface area contributed by atoms with Crippen LogP contribution in [-0.4, -0.2) is 17.2 Å². The van der Waals surface area contributed by atoms with E-state index in [1.807, 2.05) is 0 Å². The Morgan fingerprint density at radius 2 is 2.00 bits per heavy atom. The van der Waals surface area contributed by atoms with Gasteiger partial charge in [-0.05, 0) is 12.2 Å². The number of hydrogen-bond donors (Lipinski definition) is 1. The molecule has 0 aromatic carbocycles. The highest BCUT2D eigenvalue weighted by Gasteiger charge is 2.28. The van der Waals surface area contributed by atoms with Gasteiger partial charge in [0.15, 0.2) is 6.61 Å². The van der Waals surface area contributed by atoms with E-state index in [9.17, 15) is 13.2 Å². The molecule has 9 heavy (non-hydrogen) atoms. The van der Waals surface area contributed by atoms with E-state index in [1.165, 1.54) is 0 Å². The first kappa shape index (κ1) is 9.03. The Balaban J connectivity index is 3.39. The second kappa shape index (κ2) is 3.26. The second-order valence-corrected chi connectivity index (χ2v) is 2.25. The molecule has 1 nitrogen and oxygen atoms in total. The van der Waals surface area contributed by atoms with Gasteiger partial charge < -0.3 is 4.74 Å². The normalized spacial score (nSPS) is 11.1. The SMILES string of the molecule is FC(F)(F)COC(=S)S. The van der Waals surface area contributed by atoms with Crippen molar-refractivity contribution in [2.75, 3.05) is 6.61 Å². The Bertz CT molecular complexity index is 110. The predicted octanol–water partition coefficient (Wildman–Crippen LogP) is 1.78. The van der Waals surface area contributed by atoms with Crippen LogP contribution >= 0.6 is 24.8 Å². The van der Waals surface area contributed by atoms with Crippen molar-refractivity contribution in [2.24, 2.45) is 0 Å².